The standard InChI is InChI=1S/C21H23NO/c1-22-15-21(23-20-10-6-5-9-19(20)22)18-13-11-17(12-14-18)16-7-3-2-4-8-16/h2-4,7-8,11-15,19-20H,5-6,9-10H2,1H3. The Kier molecular flexibility index (Phi) is 3.82. The Morgan fingerprint density at radius 1 is 0.826 bits per heavy atom. The van der Waals surface area contributed by atoms with Crippen molar-refractivity contribution < 1.29 is 4.74 Å². The molecule has 0 radical (unpaired) electrons. The van der Waals surface area contributed by atoms with Crippen molar-refractivity contribution in [1.29, 1.82) is 0 Å². The van der Waals surface area contributed by atoms with E-state index in [1.165, 1.54) is 42.4 Å². The third kappa shape index (κ3) is 2.86. The lowest BCUT2D eigenvalue weighted by Crippen LogP contribution is -2.45. The summed E-state index contributed by atoms with van der Waals surface area (Å²) in [6.45, 7) is 0. The molecule has 2 atom stereocenters. The van der Waals surface area contributed by atoms with Gasteiger partial charge >= 0.3 is 0 Å². The highest BCUT2D eigenvalue weighted by Crippen LogP contribution is 2.34. The highest BCUT2D eigenvalue weighted by atomic mass is 16.5. The molecular formula is C21H23NO. The second-order valence-electron chi connectivity index (χ2n) is 6.61. The van der Waals surface area contributed by atoms with Crippen molar-refractivity contribution in [3.8, 4) is 11.1 Å². The first-order valence-corrected chi connectivity index (χ1v) is 8.57. The first-order chi connectivity index (χ1) is 11.3. The predicted molar refractivity (Wildman–Crippen MR) is 94.7 cm³/mol. The summed E-state index contributed by atoms with van der Waals surface area (Å²) in [7, 11) is 2.18. The fraction of sp³-hybridized carbons (Fsp3) is 0.333. The van der Waals surface area contributed by atoms with Crippen molar-refractivity contribution in [2.24, 2.45) is 0 Å². The molecule has 2 aromatic carbocycles. The van der Waals surface area contributed by atoms with Crippen molar-refractivity contribution in [3.63, 3.8) is 0 Å². The van der Waals surface area contributed by atoms with Gasteiger partial charge in [0, 0.05) is 18.8 Å². The van der Waals surface area contributed by atoms with Crippen LogP contribution in [0.2, 0.25) is 0 Å². The Bertz CT molecular complexity index is 690. The topological polar surface area (TPSA) is 12.5 Å². The fourth-order valence-electron chi connectivity index (χ4n) is 3.75. The van der Waals surface area contributed by atoms with Crippen LogP contribution < -0.4 is 0 Å². The number of fused-ring (bicyclic) bond motifs is 1. The number of rotatable bonds is 2. The Labute approximate surface area is 138 Å². The molecule has 2 unspecified atom stereocenters. The van der Waals surface area contributed by atoms with Gasteiger partial charge in [-0.1, -0.05) is 61.0 Å². The van der Waals surface area contributed by atoms with Crippen molar-refractivity contribution in [3.05, 3.63) is 66.4 Å². The van der Waals surface area contributed by atoms with Crippen LogP contribution in [0.25, 0.3) is 16.9 Å². The van der Waals surface area contributed by atoms with Crippen LogP contribution in [0.15, 0.2) is 60.8 Å². The van der Waals surface area contributed by atoms with Crippen molar-refractivity contribution in [2.45, 2.75) is 37.8 Å². The second kappa shape index (κ2) is 6.11. The maximum Gasteiger partial charge on any atom is 0.142 e. The Morgan fingerprint density at radius 2 is 1.48 bits per heavy atom. The molecule has 2 nitrogen and oxygen atoms in total. The van der Waals surface area contributed by atoms with E-state index in [0.717, 1.165) is 5.76 Å². The van der Waals surface area contributed by atoms with Gasteiger partial charge in [-0.05, 0) is 30.4 Å². The zero-order valence-corrected chi connectivity index (χ0v) is 13.6. The van der Waals surface area contributed by atoms with Gasteiger partial charge in [0.25, 0.3) is 0 Å². The number of likely N-dealkylation sites (N-methyl/N-ethyl adjacent to an activating group) is 1. The maximum atomic E-state index is 6.31. The zero-order chi connectivity index (χ0) is 15.6. The van der Waals surface area contributed by atoms with E-state index >= 15 is 0 Å². The first-order valence-electron chi connectivity index (χ1n) is 8.57. The number of ether oxygens (including phenoxy) is 1. The number of benzene rings is 2. The van der Waals surface area contributed by atoms with Crippen LogP contribution in [-0.4, -0.2) is 24.1 Å². The van der Waals surface area contributed by atoms with E-state index in [2.05, 4.69) is 72.7 Å². The summed E-state index contributed by atoms with van der Waals surface area (Å²) in [4.78, 5) is 2.35. The Morgan fingerprint density at radius 3 is 2.26 bits per heavy atom. The van der Waals surface area contributed by atoms with Crippen LogP contribution in [-0.2, 0) is 4.74 Å². The molecule has 0 saturated heterocycles. The van der Waals surface area contributed by atoms with Gasteiger partial charge in [-0.2, -0.15) is 0 Å². The molecule has 0 spiro atoms. The molecule has 1 fully saturated rings. The van der Waals surface area contributed by atoms with E-state index in [0.29, 0.717) is 12.1 Å². The molecule has 1 heterocycles. The third-order valence-corrected chi connectivity index (χ3v) is 5.07. The molecule has 118 valence electrons. The quantitative estimate of drug-likeness (QED) is 0.780. The average Bonchev–Trinajstić information content (AvgIpc) is 2.63. The van der Waals surface area contributed by atoms with E-state index in [9.17, 15) is 0 Å². The van der Waals surface area contributed by atoms with Crippen molar-refractivity contribution in [2.75, 3.05) is 7.05 Å². The van der Waals surface area contributed by atoms with Crippen LogP contribution in [0.4, 0.5) is 0 Å². The molecule has 1 aliphatic carbocycles. The summed E-state index contributed by atoms with van der Waals surface area (Å²) in [5.41, 5.74) is 3.66. The van der Waals surface area contributed by atoms with E-state index in [4.69, 9.17) is 4.74 Å². The summed E-state index contributed by atoms with van der Waals surface area (Å²) in [5.74, 6) is 1.01. The van der Waals surface area contributed by atoms with Crippen LogP contribution >= 0.6 is 0 Å². The lowest BCUT2D eigenvalue weighted by molar-refractivity contribution is 0.0298. The smallest absolute Gasteiger partial charge is 0.142 e. The van der Waals surface area contributed by atoms with Crippen molar-refractivity contribution in [1.82, 2.24) is 4.90 Å². The number of hydrogen-bond acceptors (Lipinski definition) is 2. The molecule has 23 heavy (non-hydrogen) atoms. The van der Waals surface area contributed by atoms with Gasteiger partial charge < -0.3 is 9.64 Å². The molecule has 0 aromatic heterocycles. The van der Waals surface area contributed by atoms with Gasteiger partial charge in [0.15, 0.2) is 0 Å². The van der Waals surface area contributed by atoms with Crippen molar-refractivity contribution >= 4 is 5.76 Å². The van der Waals surface area contributed by atoms with Crippen LogP contribution in [0.5, 0.6) is 0 Å². The lowest BCUT2D eigenvalue weighted by atomic mass is 9.90. The Hall–Kier alpha value is -2.22. The monoisotopic (exact) mass is 305 g/mol. The first kappa shape index (κ1) is 14.4. The molecule has 4 rings (SSSR count). The van der Waals surface area contributed by atoms with Gasteiger partial charge in [0.2, 0.25) is 0 Å². The summed E-state index contributed by atoms with van der Waals surface area (Å²) in [6, 6.07) is 19.8. The summed E-state index contributed by atoms with van der Waals surface area (Å²) in [5, 5.41) is 0. The minimum absolute atomic E-state index is 0.350. The molecule has 0 N–H and O–H groups in total. The van der Waals surface area contributed by atoms with Gasteiger partial charge in [-0.3, -0.25) is 0 Å². The zero-order valence-electron chi connectivity index (χ0n) is 13.6. The number of nitrogens with zero attached hydrogens (tertiary/aromatic N) is 1. The van der Waals surface area contributed by atoms with Gasteiger partial charge in [0.1, 0.15) is 11.9 Å². The predicted octanol–water partition coefficient (Wildman–Crippen LogP) is 4.93. The molecular weight excluding hydrogens is 282 g/mol. The average molecular weight is 305 g/mol. The maximum absolute atomic E-state index is 6.31. The lowest BCUT2D eigenvalue weighted by Gasteiger charge is -2.41. The normalized spacial score (nSPS) is 23.7. The highest BCUT2D eigenvalue weighted by Gasteiger charge is 2.33. The van der Waals surface area contributed by atoms with Gasteiger partial charge in [-0.15, -0.1) is 0 Å². The van der Waals surface area contributed by atoms with Crippen LogP contribution in [0, 0.1) is 0 Å². The molecule has 2 heteroatoms. The molecule has 0 amide bonds. The largest absolute Gasteiger partial charge is 0.486 e. The number of hydrogen-bond donors (Lipinski definition) is 0. The molecule has 1 saturated carbocycles. The van der Waals surface area contributed by atoms with Crippen LogP contribution in [0.3, 0.4) is 0 Å². The molecule has 1 aliphatic heterocycles. The fourth-order valence-corrected chi connectivity index (χ4v) is 3.75. The highest BCUT2D eigenvalue weighted by molar-refractivity contribution is 5.68. The minimum atomic E-state index is 0.350. The van der Waals surface area contributed by atoms with Crippen LogP contribution in [0.1, 0.15) is 31.2 Å². The van der Waals surface area contributed by atoms with E-state index in [-0.39, 0.29) is 0 Å². The second-order valence-corrected chi connectivity index (χ2v) is 6.61. The molecule has 2 aromatic rings. The summed E-state index contributed by atoms with van der Waals surface area (Å²) in [6.07, 6.45) is 7.55. The van der Waals surface area contributed by atoms with Gasteiger partial charge in [-0.25, -0.2) is 0 Å². The van der Waals surface area contributed by atoms with E-state index in [1.807, 2.05) is 0 Å². The van der Waals surface area contributed by atoms with Gasteiger partial charge in [0.05, 0.1) is 6.04 Å². The SMILES string of the molecule is CN1C=C(c2ccc(-c3ccccc3)cc2)OC2CCCCC21. The summed E-state index contributed by atoms with van der Waals surface area (Å²) < 4.78 is 6.31. The third-order valence-electron chi connectivity index (χ3n) is 5.07. The Balaban J connectivity index is 1.58. The van der Waals surface area contributed by atoms with E-state index < -0.39 is 0 Å². The minimum Gasteiger partial charge on any atom is -0.486 e. The molecule has 2 aliphatic rings. The summed E-state index contributed by atoms with van der Waals surface area (Å²) >= 11 is 0. The molecule has 0 bridgehead atoms. The van der Waals surface area contributed by atoms with E-state index in [1.54, 1.807) is 0 Å².